The molecule has 7 heteroatoms. The van der Waals surface area contributed by atoms with Crippen LogP contribution in [0.25, 0.3) is 0 Å². The number of aromatic nitrogens is 1. The van der Waals surface area contributed by atoms with Crippen LogP contribution in [0.15, 0.2) is 59.1 Å². The molecule has 1 amide bonds. The molecule has 2 heterocycles. The van der Waals surface area contributed by atoms with Gasteiger partial charge in [-0.2, -0.15) is 0 Å². The summed E-state index contributed by atoms with van der Waals surface area (Å²) in [5.41, 5.74) is 1.89. The molecule has 32 heavy (non-hydrogen) atoms. The predicted molar refractivity (Wildman–Crippen MR) is 117 cm³/mol. The van der Waals surface area contributed by atoms with Crippen LogP contribution in [0.2, 0.25) is 0 Å². The van der Waals surface area contributed by atoms with Crippen LogP contribution in [-0.4, -0.2) is 40.8 Å². The summed E-state index contributed by atoms with van der Waals surface area (Å²) >= 11 is 0. The molecule has 4 rings (SSSR count). The van der Waals surface area contributed by atoms with Crippen LogP contribution in [0, 0.1) is 11.6 Å². The van der Waals surface area contributed by atoms with E-state index in [2.05, 4.69) is 4.98 Å². The lowest BCUT2D eigenvalue weighted by molar-refractivity contribution is -0.136. The Morgan fingerprint density at radius 2 is 1.72 bits per heavy atom. The number of carbonyl (C=O) groups is 1. The molecule has 0 radical (unpaired) electrons. The molecular weight excluding hydrogens is 412 g/mol. The fourth-order valence-corrected chi connectivity index (χ4v) is 4.13. The molecule has 5 nitrogen and oxygen atoms in total. The second-order valence-corrected chi connectivity index (χ2v) is 8.37. The summed E-state index contributed by atoms with van der Waals surface area (Å²) in [5, 5.41) is 0. The van der Waals surface area contributed by atoms with Crippen molar-refractivity contribution in [3.63, 3.8) is 0 Å². The van der Waals surface area contributed by atoms with E-state index in [1.54, 1.807) is 30.5 Å². The monoisotopic (exact) mass is 439 g/mol. The average Bonchev–Trinajstić information content (AvgIpc) is 3.25. The fourth-order valence-electron chi connectivity index (χ4n) is 4.13. The van der Waals surface area contributed by atoms with Gasteiger partial charge in [0.2, 0.25) is 11.8 Å². The molecule has 1 unspecified atom stereocenters. The van der Waals surface area contributed by atoms with E-state index in [0.29, 0.717) is 31.2 Å². The molecule has 1 atom stereocenters. The van der Waals surface area contributed by atoms with E-state index in [-0.39, 0.29) is 30.1 Å². The molecule has 0 N–H and O–H groups in total. The van der Waals surface area contributed by atoms with E-state index < -0.39 is 0 Å². The lowest BCUT2D eigenvalue weighted by atomic mass is 10.0. The van der Waals surface area contributed by atoms with Gasteiger partial charge < -0.3 is 9.32 Å². The summed E-state index contributed by atoms with van der Waals surface area (Å²) in [5.74, 6) is 0.730. The van der Waals surface area contributed by atoms with Crippen LogP contribution in [0.4, 0.5) is 8.78 Å². The molecule has 0 saturated carbocycles. The minimum Gasteiger partial charge on any atom is -0.443 e. The summed E-state index contributed by atoms with van der Waals surface area (Å²) in [4.78, 5) is 21.3. The number of hydrogen-bond acceptors (Lipinski definition) is 4. The number of likely N-dealkylation sites (N-methyl/N-ethyl adjacent to an activating group) is 1. The van der Waals surface area contributed by atoms with E-state index in [4.69, 9.17) is 4.42 Å². The third kappa shape index (κ3) is 5.59. The minimum absolute atomic E-state index is 0.0256. The Hall–Kier alpha value is -3.06. The lowest BCUT2D eigenvalue weighted by Crippen LogP contribution is -2.43. The van der Waals surface area contributed by atoms with Crippen LogP contribution >= 0.6 is 0 Å². The first-order valence-corrected chi connectivity index (χ1v) is 10.9. The summed E-state index contributed by atoms with van der Waals surface area (Å²) in [6, 6.07) is 12.4. The summed E-state index contributed by atoms with van der Waals surface area (Å²) < 4.78 is 32.2. The van der Waals surface area contributed by atoms with Gasteiger partial charge in [0.05, 0.1) is 12.7 Å². The summed E-state index contributed by atoms with van der Waals surface area (Å²) in [7, 11) is 1.88. The zero-order valence-corrected chi connectivity index (χ0v) is 18.1. The molecule has 0 aliphatic carbocycles. The van der Waals surface area contributed by atoms with E-state index in [9.17, 15) is 13.6 Å². The minimum atomic E-state index is -0.271. The number of benzene rings is 2. The molecule has 2 aromatic carbocycles. The standard InChI is InChI=1S/C25H27F2N3O2/c1-29(16-19-7-11-21(27)12-8-19)17-24(31)30-13-3-2-4-23(30)25-28-15-22(32-25)14-18-5-9-20(26)10-6-18/h5-12,15,23H,2-4,13-14,16-17H2,1H3. The highest BCUT2D eigenvalue weighted by atomic mass is 19.1. The first-order valence-electron chi connectivity index (χ1n) is 10.9. The Bertz CT molecular complexity index is 1030. The van der Waals surface area contributed by atoms with Crippen LogP contribution in [0.3, 0.4) is 0 Å². The van der Waals surface area contributed by atoms with Crippen molar-refractivity contribution in [1.29, 1.82) is 0 Å². The Labute approximate surface area is 186 Å². The summed E-state index contributed by atoms with van der Waals surface area (Å²) in [6.45, 7) is 1.49. The molecule has 168 valence electrons. The highest BCUT2D eigenvalue weighted by molar-refractivity contribution is 5.78. The third-order valence-electron chi connectivity index (χ3n) is 5.74. The highest BCUT2D eigenvalue weighted by Crippen LogP contribution is 2.31. The van der Waals surface area contributed by atoms with Gasteiger partial charge in [-0.25, -0.2) is 13.8 Å². The Kier molecular flexibility index (Phi) is 6.95. The van der Waals surface area contributed by atoms with Crippen molar-refractivity contribution in [3.8, 4) is 0 Å². The molecule has 1 saturated heterocycles. The van der Waals surface area contributed by atoms with Gasteiger partial charge in [-0.15, -0.1) is 0 Å². The number of rotatable bonds is 7. The fraction of sp³-hybridized carbons (Fsp3) is 0.360. The Morgan fingerprint density at radius 3 is 2.41 bits per heavy atom. The number of piperidine rings is 1. The number of likely N-dealkylation sites (tertiary alicyclic amines) is 1. The van der Waals surface area contributed by atoms with Crippen molar-refractivity contribution in [2.45, 2.75) is 38.3 Å². The molecule has 1 aliphatic rings. The highest BCUT2D eigenvalue weighted by Gasteiger charge is 2.31. The number of hydrogen-bond donors (Lipinski definition) is 0. The largest absolute Gasteiger partial charge is 0.443 e. The number of carbonyl (C=O) groups excluding carboxylic acids is 1. The van der Waals surface area contributed by atoms with Crippen molar-refractivity contribution >= 4 is 5.91 Å². The molecule has 1 aliphatic heterocycles. The van der Waals surface area contributed by atoms with Crippen molar-refractivity contribution in [1.82, 2.24) is 14.8 Å². The lowest BCUT2D eigenvalue weighted by Gasteiger charge is -2.35. The van der Waals surface area contributed by atoms with Gasteiger partial charge in [-0.05, 0) is 61.7 Å². The van der Waals surface area contributed by atoms with Crippen LogP contribution in [-0.2, 0) is 17.8 Å². The van der Waals surface area contributed by atoms with E-state index in [1.807, 2.05) is 16.8 Å². The quantitative estimate of drug-likeness (QED) is 0.534. The Balaban J connectivity index is 1.39. The molecule has 0 bridgehead atoms. The van der Waals surface area contributed by atoms with Crippen molar-refractivity contribution in [3.05, 3.63) is 89.1 Å². The maximum Gasteiger partial charge on any atom is 0.237 e. The maximum atomic E-state index is 13.1. The van der Waals surface area contributed by atoms with Gasteiger partial charge in [-0.3, -0.25) is 9.69 Å². The molecule has 1 fully saturated rings. The first kappa shape index (κ1) is 22.1. The predicted octanol–water partition coefficient (Wildman–Crippen LogP) is 4.73. The van der Waals surface area contributed by atoms with Crippen LogP contribution in [0.5, 0.6) is 0 Å². The number of nitrogens with zero attached hydrogens (tertiary/aromatic N) is 3. The zero-order valence-electron chi connectivity index (χ0n) is 18.1. The van der Waals surface area contributed by atoms with Gasteiger partial charge >= 0.3 is 0 Å². The number of halogens is 2. The molecule has 0 spiro atoms. The normalized spacial score (nSPS) is 16.5. The number of oxazole rings is 1. The maximum absolute atomic E-state index is 13.1. The van der Waals surface area contributed by atoms with Crippen LogP contribution in [0.1, 0.15) is 48.1 Å². The third-order valence-corrected chi connectivity index (χ3v) is 5.74. The molecular formula is C25H27F2N3O2. The van der Waals surface area contributed by atoms with Gasteiger partial charge in [0.25, 0.3) is 0 Å². The molecule has 1 aromatic heterocycles. The van der Waals surface area contributed by atoms with Crippen LogP contribution < -0.4 is 0 Å². The van der Waals surface area contributed by atoms with Gasteiger partial charge in [0.1, 0.15) is 23.4 Å². The second-order valence-electron chi connectivity index (χ2n) is 8.37. The van der Waals surface area contributed by atoms with Gasteiger partial charge in [0.15, 0.2) is 0 Å². The summed E-state index contributed by atoms with van der Waals surface area (Å²) in [6.07, 6.45) is 4.98. The topological polar surface area (TPSA) is 49.6 Å². The van der Waals surface area contributed by atoms with Crippen molar-refractivity contribution < 1.29 is 18.0 Å². The second kappa shape index (κ2) is 10.0. The van der Waals surface area contributed by atoms with Crippen molar-refractivity contribution in [2.24, 2.45) is 0 Å². The van der Waals surface area contributed by atoms with E-state index in [1.165, 1.54) is 24.3 Å². The van der Waals surface area contributed by atoms with Gasteiger partial charge in [-0.1, -0.05) is 24.3 Å². The first-order chi connectivity index (χ1) is 15.5. The number of amides is 1. The Morgan fingerprint density at radius 1 is 1.06 bits per heavy atom. The zero-order chi connectivity index (χ0) is 22.5. The van der Waals surface area contributed by atoms with Crippen molar-refractivity contribution in [2.75, 3.05) is 20.1 Å². The molecule has 3 aromatic rings. The van der Waals surface area contributed by atoms with Gasteiger partial charge in [0, 0.05) is 19.5 Å². The van der Waals surface area contributed by atoms with E-state index >= 15 is 0 Å². The van der Waals surface area contributed by atoms with E-state index in [0.717, 1.165) is 30.4 Å². The SMILES string of the molecule is CN(CC(=O)N1CCCCC1c1ncc(Cc2ccc(F)cc2)o1)Cc1ccc(F)cc1. The average molecular weight is 440 g/mol. The smallest absolute Gasteiger partial charge is 0.237 e.